The van der Waals surface area contributed by atoms with Crippen molar-refractivity contribution in [1.82, 2.24) is 20.2 Å². The largest absolute Gasteiger partial charge is 0.493 e. The van der Waals surface area contributed by atoms with E-state index in [0.717, 1.165) is 17.1 Å². The second-order valence-corrected chi connectivity index (χ2v) is 3.94. The van der Waals surface area contributed by atoms with Crippen LogP contribution in [0.1, 0.15) is 18.3 Å². The number of benzene rings is 1. The van der Waals surface area contributed by atoms with Gasteiger partial charge >= 0.3 is 0 Å². The minimum Gasteiger partial charge on any atom is -0.493 e. The molecule has 0 atom stereocenters. The van der Waals surface area contributed by atoms with Gasteiger partial charge in [0.15, 0.2) is 0 Å². The van der Waals surface area contributed by atoms with E-state index in [4.69, 9.17) is 16.3 Å². The first-order valence-corrected chi connectivity index (χ1v) is 5.73. The van der Waals surface area contributed by atoms with E-state index in [2.05, 4.69) is 15.5 Å². The second-order valence-electron chi connectivity index (χ2n) is 3.53. The highest BCUT2D eigenvalue weighted by atomic mass is 35.5. The SMILES string of the molecule is CCOc1cccc(Cl)c1Cn1nnnc1C. The summed E-state index contributed by atoms with van der Waals surface area (Å²) in [5.74, 6) is 1.52. The Bertz CT molecular complexity index is 512. The van der Waals surface area contributed by atoms with Crippen LogP contribution in [0.15, 0.2) is 18.2 Å². The molecule has 0 bridgehead atoms. The monoisotopic (exact) mass is 252 g/mol. The van der Waals surface area contributed by atoms with Crippen molar-refractivity contribution >= 4 is 11.6 Å². The first-order chi connectivity index (χ1) is 8.22. The molecule has 90 valence electrons. The molecule has 5 nitrogen and oxygen atoms in total. The number of hydrogen-bond donors (Lipinski definition) is 0. The van der Waals surface area contributed by atoms with Crippen LogP contribution in [0.4, 0.5) is 0 Å². The van der Waals surface area contributed by atoms with E-state index >= 15 is 0 Å². The minimum absolute atomic E-state index is 0.508. The van der Waals surface area contributed by atoms with E-state index in [1.165, 1.54) is 0 Å². The molecule has 0 amide bonds. The molecule has 6 heteroatoms. The van der Waals surface area contributed by atoms with Crippen LogP contribution < -0.4 is 4.74 Å². The van der Waals surface area contributed by atoms with Gasteiger partial charge in [-0.2, -0.15) is 0 Å². The van der Waals surface area contributed by atoms with E-state index in [-0.39, 0.29) is 0 Å². The summed E-state index contributed by atoms with van der Waals surface area (Å²) in [6.45, 7) is 4.89. The second kappa shape index (κ2) is 5.14. The van der Waals surface area contributed by atoms with Crippen LogP contribution in [0.5, 0.6) is 5.75 Å². The smallest absolute Gasteiger partial charge is 0.148 e. The minimum atomic E-state index is 0.508. The van der Waals surface area contributed by atoms with Gasteiger partial charge in [-0.05, 0) is 36.4 Å². The van der Waals surface area contributed by atoms with Crippen molar-refractivity contribution in [3.8, 4) is 5.75 Å². The summed E-state index contributed by atoms with van der Waals surface area (Å²) in [5.41, 5.74) is 0.895. The Morgan fingerprint density at radius 2 is 2.24 bits per heavy atom. The highest BCUT2D eigenvalue weighted by Crippen LogP contribution is 2.27. The molecule has 17 heavy (non-hydrogen) atoms. The Kier molecular flexibility index (Phi) is 3.58. The molecule has 0 aliphatic rings. The average molecular weight is 253 g/mol. The summed E-state index contributed by atoms with van der Waals surface area (Å²) in [6, 6.07) is 5.59. The zero-order chi connectivity index (χ0) is 12.3. The summed E-state index contributed by atoms with van der Waals surface area (Å²) >= 11 is 6.17. The van der Waals surface area contributed by atoms with E-state index in [9.17, 15) is 0 Å². The number of hydrogen-bond acceptors (Lipinski definition) is 4. The van der Waals surface area contributed by atoms with Gasteiger partial charge in [-0.3, -0.25) is 0 Å². The number of ether oxygens (including phenoxy) is 1. The van der Waals surface area contributed by atoms with Gasteiger partial charge in [0.25, 0.3) is 0 Å². The van der Waals surface area contributed by atoms with Crippen LogP contribution >= 0.6 is 11.6 Å². The van der Waals surface area contributed by atoms with Crippen molar-refractivity contribution < 1.29 is 4.74 Å². The van der Waals surface area contributed by atoms with Crippen LogP contribution in [0.3, 0.4) is 0 Å². The van der Waals surface area contributed by atoms with Crippen LogP contribution in [0, 0.1) is 6.92 Å². The van der Waals surface area contributed by atoms with Gasteiger partial charge in [-0.25, -0.2) is 4.68 Å². The van der Waals surface area contributed by atoms with E-state index < -0.39 is 0 Å². The molecule has 0 aliphatic heterocycles. The highest BCUT2D eigenvalue weighted by Gasteiger charge is 2.11. The van der Waals surface area contributed by atoms with Gasteiger partial charge in [0.1, 0.15) is 11.6 Å². The van der Waals surface area contributed by atoms with Crippen LogP contribution in [-0.2, 0) is 6.54 Å². The van der Waals surface area contributed by atoms with Crippen molar-refractivity contribution in [3.05, 3.63) is 34.6 Å². The lowest BCUT2D eigenvalue weighted by Crippen LogP contribution is -2.07. The maximum absolute atomic E-state index is 6.17. The Hall–Kier alpha value is -1.62. The molecular weight excluding hydrogens is 240 g/mol. The van der Waals surface area contributed by atoms with Gasteiger partial charge < -0.3 is 4.74 Å². The number of aromatic nitrogens is 4. The predicted octanol–water partition coefficient (Wildman–Crippen LogP) is 2.08. The van der Waals surface area contributed by atoms with Crippen molar-refractivity contribution in [2.45, 2.75) is 20.4 Å². The molecular formula is C11H13ClN4O. The van der Waals surface area contributed by atoms with Gasteiger partial charge in [0, 0.05) is 10.6 Å². The van der Waals surface area contributed by atoms with Gasteiger partial charge in [-0.1, -0.05) is 17.7 Å². The molecule has 0 radical (unpaired) electrons. The third-order valence-electron chi connectivity index (χ3n) is 2.39. The van der Waals surface area contributed by atoms with Gasteiger partial charge in [0.2, 0.25) is 0 Å². The fraction of sp³-hybridized carbons (Fsp3) is 0.364. The zero-order valence-electron chi connectivity index (χ0n) is 9.72. The molecule has 0 saturated carbocycles. The molecule has 2 rings (SSSR count). The Balaban J connectivity index is 2.34. The molecule has 2 aromatic rings. The number of nitrogens with zero attached hydrogens (tertiary/aromatic N) is 4. The summed E-state index contributed by atoms with van der Waals surface area (Å²) < 4.78 is 7.22. The quantitative estimate of drug-likeness (QED) is 0.836. The van der Waals surface area contributed by atoms with Crippen LogP contribution in [0.2, 0.25) is 5.02 Å². The van der Waals surface area contributed by atoms with Crippen molar-refractivity contribution in [2.24, 2.45) is 0 Å². The molecule has 0 unspecified atom stereocenters. The van der Waals surface area contributed by atoms with Crippen molar-refractivity contribution in [3.63, 3.8) is 0 Å². The highest BCUT2D eigenvalue weighted by molar-refractivity contribution is 6.31. The average Bonchev–Trinajstić information content (AvgIpc) is 2.70. The molecule has 0 aliphatic carbocycles. The summed E-state index contributed by atoms with van der Waals surface area (Å²) in [4.78, 5) is 0. The van der Waals surface area contributed by atoms with Crippen LogP contribution in [0.25, 0.3) is 0 Å². The first kappa shape index (κ1) is 11.9. The number of aryl methyl sites for hydroxylation is 1. The summed E-state index contributed by atoms with van der Waals surface area (Å²) in [5, 5.41) is 12.0. The Morgan fingerprint density at radius 1 is 1.41 bits per heavy atom. The molecule has 0 spiro atoms. The Morgan fingerprint density at radius 3 is 2.88 bits per heavy atom. The van der Waals surface area contributed by atoms with Gasteiger partial charge in [0.05, 0.1) is 13.2 Å². The molecule has 1 aromatic heterocycles. The number of tetrazole rings is 1. The van der Waals surface area contributed by atoms with Crippen molar-refractivity contribution in [1.29, 1.82) is 0 Å². The lowest BCUT2D eigenvalue weighted by molar-refractivity contribution is 0.335. The lowest BCUT2D eigenvalue weighted by atomic mass is 10.2. The fourth-order valence-electron chi connectivity index (χ4n) is 1.53. The molecule has 0 fully saturated rings. The third kappa shape index (κ3) is 2.55. The first-order valence-electron chi connectivity index (χ1n) is 5.35. The molecule has 1 heterocycles. The molecule has 1 aromatic carbocycles. The number of halogens is 1. The van der Waals surface area contributed by atoms with Crippen molar-refractivity contribution in [2.75, 3.05) is 6.61 Å². The fourth-order valence-corrected chi connectivity index (χ4v) is 1.75. The normalized spacial score (nSPS) is 10.5. The third-order valence-corrected chi connectivity index (χ3v) is 2.75. The van der Waals surface area contributed by atoms with Gasteiger partial charge in [-0.15, -0.1) is 5.10 Å². The maximum Gasteiger partial charge on any atom is 0.148 e. The molecule has 0 N–H and O–H groups in total. The van der Waals surface area contributed by atoms with E-state index in [1.54, 1.807) is 4.68 Å². The standard InChI is InChI=1S/C11H13ClN4O/c1-3-17-11-6-4-5-10(12)9(11)7-16-8(2)13-14-15-16/h4-6H,3,7H2,1-2H3. The summed E-state index contributed by atoms with van der Waals surface area (Å²) in [6.07, 6.45) is 0. The maximum atomic E-state index is 6.17. The number of rotatable bonds is 4. The van der Waals surface area contributed by atoms with E-state index in [0.29, 0.717) is 18.2 Å². The topological polar surface area (TPSA) is 52.8 Å². The predicted molar refractivity (Wildman–Crippen MR) is 64.3 cm³/mol. The zero-order valence-corrected chi connectivity index (χ0v) is 10.5. The van der Waals surface area contributed by atoms with E-state index in [1.807, 2.05) is 32.0 Å². The molecule has 0 saturated heterocycles. The lowest BCUT2D eigenvalue weighted by Gasteiger charge is -2.11. The summed E-state index contributed by atoms with van der Waals surface area (Å²) in [7, 11) is 0. The Labute approximate surface area is 104 Å². The van der Waals surface area contributed by atoms with Crippen LogP contribution in [-0.4, -0.2) is 26.8 Å².